The molecule has 5 rings (SSSR count). The first-order valence-corrected chi connectivity index (χ1v) is 9.95. The first-order valence-electron chi connectivity index (χ1n) is 9.14. The summed E-state index contributed by atoms with van der Waals surface area (Å²) in [4.78, 5) is 2.03. The zero-order valence-electron chi connectivity index (χ0n) is 15.1. The van der Waals surface area contributed by atoms with E-state index in [0.29, 0.717) is 6.61 Å². The van der Waals surface area contributed by atoms with Crippen LogP contribution in [0.25, 0.3) is 21.6 Å². The molecule has 0 radical (unpaired) electrons. The number of rotatable bonds is 4. The van der Waals surface area contributed by atoms with Crippen LogP contribution in [0.5, 0.6) is 17.2 Å². The molecule has 0 atom stereocenters. The van der Waals surface area contributed by atoms with Gasteiger partial charge in [0.05, 0.1) is 6.61 Å². The van der Waals surface area contributed by atoms with Gasteiger partial charge in [-0.05, 0) is 35.9 Å². The van der Waals surface area contributed by atoms with E-state index < -0.39 is 0 Å². The minimum absolute atomic E-state index is 0.0280. The molecule has 138 valence electrons. The van der Waals surface area contributed by atoms with Crippen LogP contribution in [0.2, 0.25) is 0 Å². The van der Waals surface area contributed by atoms with E-state index >= 15 is 0 Å². The van der Waals surface area contributed by atoms with Gasteiger partial charge in [0, 0.05) is 26.4 Å². The maximum Gasteiger partial charge on any atom is 0.136 e. The molecular formula is C24H18O3S. The second-order valence-corrected chi connectivity index (χ2v) is 7.78. The van der Waals surface area contributed by atoms with Crippen LogP contribution in [0.3, 0.4) is 0 Å². The largest absolute Gasteiger partial charge is 0.489 e. The van der Waals surface area contributed by atoms with Crippen molar-refractivity contribution in [2.45, 2.75) is 13.2 Å². The van der Waals surface area contributed by atoms with Crippen LogP contribution in [0, 0.1) is 0 Å². The smallest absolute Gasteiger partial charge is 0.136 e. The third-order valence-corrected chi connectivity index (χ3v) is 5.93. The Balaban J connectivity index is 1.57. The van der Waals surface area contributed by atoms with Gasteiger partial charge in [-0.15, -0.1) is 11.3 Å². The highest BCUT2D eigenvalue weighted by atomic mass is 32.1. The van der Waals surface area contributed by atoms with Crippen molar-refractivity contribution in [3.8, 4) is 38.8 Å². The molecule has 1 aliphatic heterocycles. The third-order valence-electron chi connectivity index (χ3n) is 4.78. The molecule has 3 nitrogen and oxygen atoms in total. The number of thiophene rings is 1. The molecule has 0 bridgehead atoms. The molecule has 4 aromatic rings. The number of hydrogen-bond acceptors (Lipinski definition) is 4. The summed E-state index contributed by atoms with van der Waals surface area (Å²) in [5, 5.41) is 9.67. The van der Waals surface area contributed by atoms with Crippen LogP contribution in [0.1, 0.15) is 10.4 Å². The Bertz CT molecular complexity index is 1130. The van der Waals surface area contributed by atoms with Gasteiger partial charge in [0.15, 0.2) is 0 Å². The van der Waals surface area contributed by atoms with E-state index in [2.05, 4.69) is 12.1 Å². The van der Waals surface area contributed by atoms with Gasteiger partial charge in [-0.25, -0.2) is 0 Å². The van der Waals surface area contributed by atoms with Gasteiger partial charge >= 0.3 is 0 Å². The number of para-hydroxylation sites is 1. The number of benzene rings is 3. The second kappa shape index (κ2) is 7.15. The first kappa shape index (κ1) is 17.0. The van der Waals surface area contributed by atoms with Gasteiger partial charge in [-0.2, -0.15) is 0 Å². The van der Waals surface area contributed by atoms with Gasteiger partial charge in [0.1, 0.15) is 23.9 Å². The summed E-state index contributed by atoms with van der Waals surface area (Å²) in [6.07, 6.45) is 0. The maximum atomic E-state index is 9.67. The van der Waals surface area contributed by atoms with Gasteiger partial charge in [-0.1, -0.05) is 48.5 Å². The third kappa shape index (κ3) is 3.07. The average Bonchev–Trinajstić information content (AvgIpc) is 3.13. The van der Waals surface area contributed by atoms with Gasteiger partial charge in [0.25, 0.3) is 0 Å². The fourth-order valence-corrected chi connectivity index (χ4v) is 4.47. The molecule has 0 aliphatic carbocycles. The molecule has 0 saturated heterocycles. The maximum absolute atomic E-state index is 9.67. The van der Waals surface area contributed by atoms with Crippen LogP contribution >= 0.6 is 11.3 Å². The van der Waals surface area contributed by atoms with E-state index in [0.717, 1.165) is 49.3 Å². The number of hydrogen-bond donors (Lipinski definition) is 1. The molecule has 0 saturated carbocycles. The molecule has 2 heterocycles. The van der Waals surface area contributed by atoms with E-state index in [-0.39, 0.29) is 6.61 Å². The van der Waals surface area contributed by atoms with Crippen molar-refractivity contribution in [1.29, 1.82) is 0 Å². The second-order valence-electron chi connectivity index (χ2n) is 6.64. The van der Waals surface area contributed by atoms with Gasteiger partial charge in [-0.3, -0.25) is 0 Å². The van der Waals surface area contributed by atoms with Crippen LogP contribution in [0.4, 0.5) is 0 Å². The Kier molecular flexibility index (Phi) is 4.35. The van der Waals surface area contributed by atoms with Crippen LogP contribution < -0.4 is 9.47 Å². The van der Waals surface area contributed by atoms with E-state index in [1.807, 2.05) is 66.7 Å². The topological polar surface area (TPSA) is 38.7 Å². The summed E-state index contributed by atoms with van der Waals surface area (Å²) in [6, 6.07) is 26.1. The Morgan fingerprint density at radius 3 is 2.43 bits per heavy atom. The Morgan fingerprint density at radius 1 is 0.786 bits per heavy atom. The highest BCUT2D eigenvalue weighted by Gasteiger charge is 2.23. The van der Waals surface area contributed by atoms with E-state index in [1.165, 1.54) is 0 Å². The summed E-state index contributed by atoms with van der Waals surface area (Å²) in [5.41, 5.74) is 4.24. The van der Waals surface area contributed by atoms with Crippen molar-refractivity contribution in [2.75, 3.05) is 0 Å². The summed E-state index contributed by atoms with van der Waals surface area (Å²) in [7, 11) is 0. The van der Waals surface area contributed by atoms with Crippen molar-refractivity contribution < 1.29 is 14.6 Å². The molecular weight excluding hydrogens is 368 g/mol. The Morgan fingerprint density at radius 2 is 1.57 bits per heavy atom. The fraction of sp³-hybridized carbons (Fsp3) is 0.0833. The molecule has 3 aromatic carbocycles. The van der Waals surface area contributed by atoms with Crippen molar-refractivity contribution in [3.63, 3.8) is 0 Å². The summed E-state index contributed by atoms with van der Waals surface area (Å²) >= 11 is 1.59. The number of aliphatic hydroxyl groups is 1. The summed E-state index contributed by atoms with van der Waals surface area (Å²) in [6.45, 7) is 0.542. The predicted molar refractivity (Wildman–Crippen MR) is 112 cm³/mol. The van der Waals surface area contributed by atoms with Gasteiger partial charge < -0.3 is 14.6 Å². The predicted octanol–water partition coefficient (Wildman–Crippen LogP) is 6.26. The molecule has 0 amide bonds. The van der Waals surface area contributed by atoms with Crippen molar-refractivity contribution in [3.05, 3.63) is 89.3 Å². The SMILES string of the molecule is OCc1cc2c(s1)-c1cc(OCc3ccccc3)ccc1Oc1ccccc1-2. The highest BCUT2D eigenvalue weighted by Crippen LogP contribution is 2.50. The molecule has 0 unspecified atom stereocenters. The van der Waals surface area contributed by atoms with Crippen molar-refractivity contribution in [1.82, 2.24) is 0 Å². The Hall–Kier alpha value is -3.08. The lowest BCUT2D eigenvalue weighted by molar-refractivity contribution is 0.285. The van der Waals surface area contributed by atoms with Crippen LogP contribution in [-0.4, -0.2) is 5.11 Å². The lowest BCUT2D eigenvalue weighted by Gasteiger charge is -2.12. The quantitative estimate of drug-likeness (QED) is 0.396. The number of aliphatic hydroxyl groups excluding tert-OH is 1. The molecule has 4 heteroatoms. The van der Waals surface area contributed by atoms with E-state index in [1.54, 1.807) is 11.3 Å². The first-order chi connectivity index (χ1) is 13.8. The molecule has 1 aromatic heterocycles. The lowest BCUT2D eigenvalue weighted by Crippen LogP contribution is -1.95. The minimum Gasteiger partial charge on any atom is -0.489 e. The zero-order valence-corrected chi connectivity index (χ0v) is 15.9. The minimum atomic E-state index is 0.0280. The van der Waals surface area contributed by atoms with E-state index in [9.17, 15) is 5.11 Å². The zero-order chi connectivity index (χ0) is 18.9. The Labute approximate surface area is 167 Å². The van der Waals surface area contributed by atoms with Crippen molar-refractivity contribution in [2.24, 2.45) is 0 Å². The number of ether oxygens (including phenoxy) is 2. The molecule has 1 aliphatic rings. The fourth-order valence-electron chi connectivity index (χ4n) is 3.42. The normalized spacial score (nSPS) is 11.6. The van der Waals surface area contributed by atoms with Crippen LogP contribution in [-0.2, 0) is 13.2 Å². The van der Waals surface area contributed by atoms with E-state index in [4.69, 9.17) is 9.47 Å². The monoisotopic (exact) mass is 386 g/mol. The number of fused-ring (bicyclic) bond motifs is 5. The lowest BCUT2D eigenvalue weighted by atomic mass is 10.0. The summed E-state index contributed by atoms with van der Waals surface area (Å²) in [5.74, 6) is 2.41. The standard InChI is InChI=1S/C24H18O3S/c25-14-18-13-20-19-8-4-5-9-22(19)27-23-11-10-17(12-21(23)24(20)28-18)26-15-16-6-2-1-3-7-16/h1-13,25H,14-15H2. The molecule has 0 spiro atoms. The molecule has 0 fully saturated rings. The van der Waals surface area contributed by atoms with Gasteiger partial charge in [0.2, 0.25) is 0 Å². The van der Waals surface area contributed by atoms with Crippen molar-refractivity contribution >= 4 is 11.3 Å². The molecule has 1 N–H and O–H groups in total. The highest BCUT2D eigenvalue weighted by molar-refractivity contribution is 7.16. The molecule has 28 heavy (non-hydrogen) atoms. The average molecular weight is 386 g/mol. The summed E-state index contributed by atoms with van der Waals surface area (Å²) < 4.78 is 12.2. The van der Waals surface area contributed by atoms with Crippen LogP contribution in [0.15, 0.2) is 78.9 Å².